The molecule has 1 aromatic heterocycles. The molecule has 9 nitrogen and oxygen atoms in total. The molecule has 0 radical (unpaired) electrons. The van der Waals surface area contributed by atoms with Crippen LogP contribution in [0.3, 0.4) is 0 Å². The maximum atomic E-state index is 13.7. The molecule has 208 valence electrons. The van der Waals surface area contributed by atoms with Crippen molar-refractivity contribution in [2.45, 2.75) is 37.8 Å². The Morgan fingerprint density at radius 1 is 1.18 bits per heavy atom. The molecule has 0 bridgehead atoms. The molecule has 3 aromatic rings. The average Bonchev–Trinajstić information content (AvgIpc) is 2.94. The standard InChI is InChI=1S/C29H35N3O6S/c1-19-10-12-22(13-11-19)23-14-24-28(30-15-23)38-26(20(2)16-32(29(24)34)21(3)18-33)17-31(4)39(35,36)27-9-7-6-8-25(27)37-5/h6-15,20-21,26,33H,16-18H2,1-5H3/t20-,21-,26-/m1/s1. The first-order chi connectivity index (χ1) is 18.6. The fraction of sp³-hybridized carbons (Fsp3) is 0.379. The number of hydrogen-bond acceptors (Lipinski definition) is 7. The quantitative estimate of drug-likeness (QED) is 0.454. The summed E-state index contributed by atoms with van der Waals surface area (Å²) in [5.74, 6) is -0.191. The van der Waals surface area contributed by atoms with Crippen molar-refractivity contribution < 1.29 is 27.8 Å². The third-order valence-electron chi connectivity index (χ3n) is 7.10. The zero-order valence-electron chi connectivity index (χ0n) is 22.9. The molecule has 10 heteroatoms. The first kappa shape index (κ1) is 28.5. The Kier molecular flexibility index (Phi) is 8.58. The van der Waals surface area contributed by atoms with E-state index >= 15 is 0 Å². The minimum absolute atomic E-state index is 0.0118. The van der Waals surface area contributed by atoms with Gasteiger partial charge in [0, 0.05) is 31.3 Å². The van der Waals surface area contributed by atoms with Crippen molar-refractivity contribution in [2.75, 3.05) is 33.9 Å². The van der Waals surface area contributed by atoms with E-state index in [1.165, 1.54) is 24.5 Å². The summed E-state index contributed by atoms with van der Waals surface area (Å²) in [6.07, 6.45) is 1.02. The van der Waals surface area contributed by atoms with E-state index in [1.807, 2.05) is 38.1 Å². The predicted octanol–water partition coefficient (Wildman–Crippen LogP) is 3.61. The minimum Gasteiger partial charge on any atom is -0.495 e. The summed E-state index contributed by atoms with van der Waals surface area (Å²) < 4.78 is 39.7. The van der Waals surface area contributed by atoms with E-state index in [0.29, 0.717) is 0 Å². The summed E-state index contributed by atoms with van der Waals surface area (Å²) >= 11 is 0. The number of aliphatic hydroxyl groups excluding tert-OH is 1. The molecule has 39 heavy (non-hydrogen) atoms. The molecule has 0 saturated heterocycles. The van der Waals surface area contributed by atoms with Gasteiger partial charge in [-0.2, -0.15) is 4.31 Å². The van der Waals surface area contributed by atoms with Crippen LogP contribution in [-0.4, -0.2) is 79.6 Å². The predicted molar refractivity (Wildman–Crippen MR) is 148 cm³/mol. The summed E-state index contributed by atoms with van der Waals surface area (Å²) in [5, 5.41) is 9.91. The summed E-state index contributed by atoms with van der Waals surface area (Å²) in [6, 6.07) is 15.6. The second-order valence-corrected chi connectivity index (χ2v) is 12.0. The van der Waals surface area contributed by atoms with E-state index in [4.69, 9.17) is 9.47 Å². The van der Waals surface area contributed by atoms with Crippen LogP contribution in [0.25, 0.3) is 11.1 Å². The van der Waals surface area contributed by atoms with Crippen LogP contribution in [0.1, 0.15) is 29.8 Å². The third kappa shape index (κ3) is 5.93. The largest absolute Gasteiger partial charge is 0.495 e. The Morgan fingerprint density at radius 2 is 1.87 bits per heavy atom. The fourth-order valence-electron chi connectivity index (χ4n) is 4.58. The second kappa shape index (κ2) is 11.7. The highest BCUT2D eigenvalue weighted by Gasteiger charge is 2.36. The number of aromatic nitrogens is 1. The lowest BCUT2D eigenvalue weighted by Gasteiger charge is -2.37. The summed E-state index contributed by atoms with van der Waals surface area (Å²) in [6.45, 7) is 5.73. The molecular formula is C29H35N3O6S. The zero-order chi connectivity index (χ0) is 28.3. The van der Waals surface area contributed by atoms with Gasteiger partial charge in [-0.3, -0.25) is 4.79 Å². The van der Waals surface area contributed by atoms with Gasteiger partial charge < -0.3 is 19.5 Å². The number of carbonyl (C=O) groups excluding carboxylic acids is 1. The minimum atomic E-state index is -3.91. The van der Waals surface area contributed by atoms with Crippen molar-refractivity contribution >= 4 is 15.9 Å². The third-order valence-corrected chi connectivity index (χ3v) is 8.96. The average molecular weight is 554 g/mol. The monoisotopic (exact) mass is 553 g/mol. The number of likely N-dealkylation sites (N-methyl/N-ethyl adjacent to an activating group) is 1. The number of rotatable bonds is 8. The highest BCUT2D eigenvalue weighted by molar-refractivity contribution is 7.89. The van der Waals surface area contributed by atoms with Crippen LogP contribution < -0.4 is 9.47 Å². The van der Waals surface area contributed by atoms with Gasteiger partial charge in [-0.25, -0.2) is 13.4 Å². The Hall–Kier alpha value is -3.47. The van der Waals surface area contributed by atoms with Gasteiger partial charge in [0.15, 0.2) is 0 Å². The molecule has 4 rings (SSSR count). The molecule has 1 amide bonds. The van der Waals surface area contributed by atoms with Crippen LogP contribution in [0.2, 0.25) is 0 Å². The van der Waals surface area contributed by atoms with E-state index < -0.39 is 22.2 Å². The lowest BCUT2D eigenvalue weighted by molar-refractivity contribution is 0.0373. The van der Waals surface area contributed by atoms with Crippen LogP contribution in [0.15, 0.2) is 65.7 Å². The van der Waals surface area contributed by atoms with Crippen molar-refractivity contribution in [3.05, 3.63) is 71.9 Å². The number of amides is 1. The maximum absolute atomic E-state index is 13.7. The van der Waals surface area contributed by atoms with Gasteiger partial charge in [-0.1, -0.05) is 48.9 Å². The van der Waals surface area contributed by atoms with Gasteiger partial charge in [0.25, 0.3) is 5.91 Å². The van der Waals surface area contributed by atoms with Gasteiger partial charge in [0.05, 0.1) is 26.3 Å². The molecule has 0 saturated carbocycles. The number of carbonyl (C=O) groups is 1. The molecule has 1 aliphatic rings. The number of fused-ring (bicyclic) bond motifs is 1. The van der Waals surface area contributed by atoms with E-state index in [9.17, 15) is 18.3 Å². The molecule has 0 unspecified atom stereocenters. The molecule has 2 aromatic carbocycles. The Balaban J connectivity index is 1.71. The number of aliphatic hydroxyl groups is 1. The first-order valence-corrected chi connectivity index (χ1v) is 14.3. The molecule has 1 N–H and O–H groups in total. The van der Waals surface area contributed by atoms with E-state index in [-0.39, 0.29) is 53.6 Å². The van der Waals surface area contributed by atoms with Crippen molar-refractivity contribution in [2.24, 2.45) is 5.92 Å². The van der Waals surface area contributed by atoms with Gasteiger partial charge in [-0.05, 0) is 37.6 Å². The van der Waals surface area contributed by atoms with E-state index in [0.717, 1.165) is 16.7 Å². The number of benzene rings is 2. The number of ether oxygens (including phenoxy) is 2. The number of sulfonamides is 1. The Morgan fingerprint density at radius 3 is 2.54 bits per heavy atom. The van der Waals surface area contributed by atoms with Crippen LogP contribution in [0, 0.1) is 12.8 Å². The van der Waals surface area contributed by atoms with Crippen molar-refractivity contribution in [3.8, 4) is 22.8 Å². The number of nitrogens with zero attached hydrogens (tertiary/aromatic N) is 3. The second-order valence-electron chi connectivity index (χ2n) is 10.0. The van der Waals surface area contributed by atoms with Gasteiger partial charge in [0.2, 0.25) is 15.9 Å². The smallest absolute Gasteiger partial charge is 0.259 e. The lowest BCUT2D eigenvalue weighted by Crippen LogP contribution is -2.50. The molecule has 3 atom stereocenters. The number of aryl methyl sites for hydroxylation is 1. The van der Waals surface area contributed by atoms with Crippen molar-refractivity contribution in [1.82, 2.24) is 14.2 Å². The number of para-hydroxylation sites is 1. The normalized spacial score (nSPS) is 18.6. The van der Waals surface area contributed by atoms with E-state index in [2.05, 4.69) is 4.98 Å². The lowest BCUT2D eigenvalue weighted by atomic mass is 9.99. The van der Waals surface area contributed by atoms with Crippen LogP contribution in [0.5, 0.6) is 11.6 Å². The summed E-state index contributed by atoms with van der Waals surface area (Å²) in [5.41, 5.74) is 3.04. The molecule has 1 aliphatic heterocycles. The maximum Gasteiger partial charge on any atom is 0.259 e. The van der Waals surface area contributed by atoms with Gasteiger partial charge in [0.1, 0.15) is 22.3 Å². The molecule has 0 fully saturated rings. The van der Waals surface area contributed by atoms with Gasteiger partial charge >= 0.3 is 0 Å². The summed E-state index contributed by atoms with van der Waals surface area (Å²) in [7, 11) is -0.990. The zero-order valence-corrected chi connectivity index (χ0v) is 23.7. The molecule has 0 spiro atoms. The van der Waals surface area contributed by atoms with Crippen LogP contribution in [0.4, 0.5) is 0 Å². The Bertz CT molecular complexity index is 1430. The van der Waals surface area contributed by atoms with E-state index in [1.54, 1.807) is 42.3 Å². The highest BCUT2D eigenvalue weighted by Crippen LogP contribution is 2.32. The highest BCUT2D eigenvalue weighted by atomic mass is 32.2. The van der Waals surface area contributed by atoms with Gasteiger partial charge in [-0.15, -0.1) is 0 Å². The fourth-order valence-corrected chi connectivity index (χ4v) is 5.91. The first-order valence-electron chi connectivity index (χ1n) is 12.8. The number of pyridine rings is 1. The van der Waals surface area contributed by atoms with Crippen molar-refractivity contribution in [3.63, 3.8) is 0 Å². The van der Waals surface area contributed by atoms with Crippen LogP contribution >= 0.6 is 0 Å². The van der Waals surface area contributed by atoms with Crippen molar-refractivity contribution in [1.29, 1.82) is 0 Å². The topological polar surface area (TPSA) is 109 Å². The summed E-state index contributed by atoms with van der Waals surface area (Å²) in [4.78, 5) is 19.9. The van der Waals surface area contributed by atoms with Crippen LogP contribution in [-0.2, 0) is 10.0 Å². The molecule has 0 aliphatic carbocycles. The molecule has 2 heterocycles. The number of hydrogen-bond donors (Lipinski definition) is 1. The number of methoxy groups -OCH3 is 1. The SMILES string of the molecule is COc1ccccc1S(=O)(=O)N(C)C[C@H]1Oc2ncc(-c3ccc(C)cc3)cc2C(=O)N([C@H](C)CO)C[C@H]1C. The Labute approximate surface area is 230 Å². The molecular weight excluding hydrogens is 518 g/mol.